The molecule has 3 aromatic carbocycles. The van der Waals surface area contributed by atoms with Gasteiger partial charge in [-0.15, -0.1) is 10.2 Å². The van der Waals surface area contributed by atoms with E-state index in [0.717, 1.165) is 5.56 Å². The third kappa shape index (κ3) is 5.40. The summed E-state index contributed by atoms with van der Waals surface area (Å²) in [6.07, 6.45) is 1.69. The highest BCUT2D eigenvalue weighted by Crippen LogP contribution is 2.36. The van der Waals surface area contributed by atoms with Gasteiger partial charge >= 0.3 is 0 Å². The number of nitrogen functional groups attached to an aromatic ring is 1. The van der Waals surface area contributed by atoms with Crippen molar-refractivity contribution in [1.29, 1.82) is 5.26 Å². The molecule has 11 heteroatoms. The molecule has 0 radical (unpaired) electrons. The fourth-order valence-corrected chi connectivity index (χ4v) is 4.07. The Bertz CT molecular complexity index is 1630. The molecule has 0 amide bonds. The molecule has 2 heterocycles. The number of rotatable bonds is 7. The SMILES string of the molecule is N#Cc1cc(Cl)cc(Oc2c(Cl)ccc(Cc3nnc(-c4cn(Cc5ccccc5)nc4N)o3)c2F)c1. The molecule has 5 aromatic rings. The number of hydrogen-bond donors (Lipinski definition) is 1. The predicted molar refractivity (Wildman–Crippen MR) is 136 cm³/mol. The average Bonchev–Trinajstić information content (AvgIpc) is 3.49. The fraction of sp³-hybridized carbons (Fsp3) is 0.0769. The Morgan fingerprint density at radius 1 is 1.08 bits per heavy atom. The fourth-order valence-electron chi connectivity index (χ4n) is 3.66. The molecule has 0 unspecified atom stereocenters. The minimum absolute atomic E-state index is 0.0244. The van der Waals surface area contributed by atoms with Gasteiger partial charge in [0.25, 0.3) is 5.89 Å². The molecule has 5 rings (SSSR count). The second kappa shape index (κ2) is 10.3. The van der Waals surface area contributed by atoms with Crippen molar-refractivity contribution >= 4 is 29.0 Å². The van der Waals surface area contributed by atoms with Crippen LogP contribution in [0, 0.1) is 17.1 Å². The molecular formula is C26H17Cl2FN6O2. The van der Waals surface area contributed by atoms with Gasteiger partial charge in [0, 0.05) is 16.8 Å². The monoisotopic (exact) mass is 534 g/mol. The van der Waals surface area contributed by atoms with Gasteiger partial charge in [0.15, 0.2) is 17.4 Å². The Morgan fingerprint density at radius 3 is 2.68 bits per heavy atom. The standard InChI is InChI=1S/C26H17Cl2FN6O2/c27-18-8-16(12-30)9-19(11-18)36-24-21(28)7-6-17(23(24)29)10-22-32-33-26(37-22)20-14-35(34-25(20)31)13-15-4-2-1-3-5-15/h1-9,11,14H,10,13H2,(H2,31,34). The third-order valence-corrected chi connectivity index (χ3v) is 5.88. The van der Waals surface area contributed by atoms with Crippen LogP contribution >= 0.6 is 23.2 Å². The molecule has 0 spiro atoms. The van der Waals surface area contributed by atoms with Crippen LogP contribution in [0.5, 0.6) is 11.5 Å². The van der Waals surface area contributed by atoms with Crippen molar-refractivity contribution in [2.45, 2.75) is 13.0 Å². The number of anilines is 1. The first-order chi connectivity index (χ1) is 17.9. The summed E-state index contributed by atoms with van der Waals surface area (Å²) in [5.41, 5.74) is 8.08. The molecule has 0 bridgehead atoms. The lowest BCUT2D eigenvalue weighted by atomic mass is 10.1. The van der Waals surface area contributed by atoms with Crippen LogP contribution in [0.4, 0.5) is 10.2 Å². The second-order valence-electron chi connectivity index (χ2n) is 8.03. The second-order valence-corrected chi connectivity index (χ2v) is 8.87. The number of benzene rings is 3. The molecule has 0 aliphatic heterocycles. The molecule has 0 saturated carbocycles. The molecule has 0 fully saturated rings. The Morgan fingerprint density at radius 2 is 1.89 bits per heavy atom. The summed E-state index contributed by atoms with van der Waals surface area (Å²) in [5, 5.41) is 21.9. The van der Waals surface area contributed by atoms with Crippen molar-refractivity contribution < 1.29 is 13.5 Å². The Labute approximate surface area is 220 Å². The number of halogens is 3. The molecule has 0 saturated heterocycles. The van der Waals surface area contributed by atoms with E-state index in [-0.39, 0.29) is 56.7 Å². The number of hydrogen-bond acceptors (Lipinski definition) is 7. The molecule has 0 atom stereocenters. The van der Waals surface area contributed by atoms with Gasteiger partial charge in [0.2, 0.25) is 5.89 Å². The lowest BCUT2D eigenvalue weighted by Crippen LogP contribution is -2.00. The minimum Gasteiger partial charge on any atom is -0.453 e. The lowest BCUT2D eigenvalue weighted by molar-refractivity contribution is 0.437. The highest BCUT2D eigenvalue weighted by molar-refractivity contribution is 6.32. The van der Waals surface area contributed by atoms with Crippen molar-refractivity contribution in [3.63, 3.8) is 0 Å². The zero-order valence-corrected chi connectivity index (χ0v) is 20.5. The first-order valence-corrected chi connectivity index (χ1v) is 11.7. The van der Waals surface area contributed by atoms with Crippen molar-refractivity contribution in [2.24, 2.45) is 0 Å². The summed E-state index contributed by atoms with van der Waals surface area (Å²) in [6, 6.07) is 19.1. The largest absolute Gasteiger partial charge is 0.453 e. The van der Waals surface area contributed by atoms with Crippen LogP contribution in [-0.2, 0) is 13.0 Å². The Hall–Kier alpha value is -4.39. The smallest absolute Gasteiger partial charge is 0.253 e. The van der Waals surface area contributed by atoms with E-state index in [1.54, 1.807) is 10.9 Å². The zero-order chi connectivity index (χ0) is 25.9. The first kappa shape index (κ1) is 24.3. The molecule has 2 N–H and O–H groups in total. The van der Waals surface area contributed by atoms with Crippen LogP contribution in [0.3, 0.4) is 0 Å². The van der Waals surface area contributed by atoms with Crippen LogP contribution in [0.15, 0.2) is 71.3 Å². The zero-order valence-electron chi connectivity index (χ0n) is 19.0. The topological polar surface area (TPSA) is 116 Å². The van der Waals surface area contributed by atoms with Crippen LogP contribution < -0.4 is 10.5 Å². The summed E-state index contributed by atoms with van der Waals surface area (Å²) in [4.78, 5) is 0. The maximum atomic E-state index is 15.4. The van der Waals surface area contributed by atoms with E-state index >= 15 is 4.39 Å². The maximum Gasteiger partial charge on any atom is 0.253 e. The first-order valence-electron chi connectivity index (χ1n) is 10.9. The van der Waals surface area contributed by atoms with Crippen molar-refractivity contribution in [1.82, 2.24) is 20.0 Å². The highest BCUT2D eigenvalue weighted by atomic mass is 35.5. The van der Waals surface area contributed by atoms with Crippen LogP contribution in [0.1, 0.15) is 22.6 Å². The van der Waals surface area contributed by atoms with Gasteiger partial charge in [0.05, 0.1) is 29.6 Å². The van der Waals surface area contributed by atoms with Crippen LogP contribution in [0.2, 0.25) is 10.0 Å². The summed E-state index contributed by atoms with van der Waals surface area (Å²) in [7, 11) is 0. The van der Waals surface area contributed by atoms with E-state index in [2.05, 4.69) is 15.3 Å². The van der Waals surface area contributed by atoms with E-state index < -0.39 is 5.82 Å². The molecule has 0 aliphatic rings. The van der Waals surface area contributed by atoms with Gasteiger partial charge in [-0.25, -0.2) is 4.39 Å². The van der Waals surface area contributed by atoms with Gasteiger partial charge in [0.1, 0.15) is 11.3 Å². The number of ether oxygens (including phenoxy) is 1. The Kier molecular flexibility index (Phi) is 6.77. The quantitative estimate of drug-likeness (QED) is 0.261. The number of aromatic nitrogens is 4. The van der Waals surface area contributed by atoms with Gasteiger partial charge in [-0.05, 0) is 29.8 Å². The number of nitrogens with two attached hydrogens (primary N) is 1. The summed E-state index contributed by atoms with van der Waals surface area (Å²) < 4.78 is 28.4. The van der Waals surface area contributed by atoms with Crippen LogP contribution in [0.25, 0.3) is 11.5 Å². The average molecular weight is 535 g/mol. The number of nitriles is 1. The van der Waals surface area contributed by atoms with Gasteiger partial charge in [-0.1, -0.05) is 59.6 Å². The van der Waals surface area contributed by atoms with E-state index in [1.807, 2.05) is 36.4 Å². The lowest BCUT2D eigenvalue weighted by Gasteiger charge is -2.11. The normalized spacial score (nSPS) is 10.9. The summed E-state index contributed by atoms with van der Waals surface area (Å²) >= 11 is 12.2. The summed E-state index contributed by atoms with van der Waals surface area (Å²) in [5.74, 6) is -0.187. The molecule has 37 heavy (non-hydrogen) atoms. The minimum atomic E-state index is -0.707. The van der Waals surface area contributed by atoms with E-state index in [0.29, 0.717) is 12.1 Å². The van der Waals surface area contributed by atoms with Crippen molar-refractivity contribution in [3.05, 3.63) is 105 Å². The molecule has 0 aliphatic carbocycles. The molecule has 2 aromatic heterocycles. The van der Waals surface area contributed by atoms with Crippen molar-refractivity contribution in [3.8, 4) is 29.0 Å². The molecular weight excluding hydrogens is 518 g/mol. The maximum absolute atomic E-state index is 15.4. The van der Waals surface area contributed by atoms with E-state index in [9.17, 15) is 0 Å². The van der Waals surface area contributed by atoms with Gasteiger partial charge in [-0.3, -0.25) is 4.68 Å². The predicted octanol–water partition coefficient (Wildman–Crippen LogP) is 6.26. The third-order valence-electron chi connectivity index (χ3n) is 5.37. The van der Waals surface area contributed by atoms with Crippen molar-refractivity contribution in [2.75, 3.05) is 5.73 Å². The molecule has 184 valence electrons. The van der Waals surface area contributed by atoms with Crippen LogP contribution in [-0.4, -0.2) is 20.0 Å². The highest BCUT2D eigenvalue weighted by Gasteiger charge is 2.20. The van der Waals surface area contributed by atoms with E-state index in [4.69, 9.17) is 43.4 Å². The van der Waals surface area contributed by atoms with E-state index in [1.165, 1.54) is 30.3 Å². The Balaban J connectivity index is 1.36. The summed E-state index contributed by atoms with van der Waals surface area (Å²) in [6.45, 7) is 0.521. The van der Waals surface area contributed by atoms with Gasteiger partial charge < -0.3 is 14.9 Å². The van der Waals surface area contributed by atoms with Gasteiger partial charge in [-0.2, -0.15) is 10.4 Å². The molecule has 8 nitrogen and oxygen atoms in total. The number of nitrogens with zero attached hydrogens (tertiary/aromatic N) is 5.